The zero-order valence-electron chi connectivity index (χ0n) is 12.3. The molecule has 24 heavy (non-hydrogen) atoms. The minimum atomic E-state index is -4.69. The molecule has 0 spiro atoms. The van der Waals surface area contributed by atoms with Crippen LogP contribution in [0.15, 0.2) is 41.4 Å². The number of halogens is 3. The van der Waals surface area contributed by atoms with Gasteiger partial charge in [-0.05, 0) is 18.6 Å². The van der Waals surface area contributed by atoms with E-state index >= 15 is 0 Å². The Balaban J connectivity index is 1.73. The first-order valence-electron chi connectivity index (χ1n) is 6.83. The number of nitrogens with zero attached hydrogens (tertiary/aromatic N) is 5. The summed E-state index contributed by atoms with van der Waals surface area (Å²) in [5, 5.41) is 6.34. The Morgan fingerprint density at radius 2 is 1.92 bits per heavy atom. The second-order valence-electron chi connectivity index (χ2n) is 4.87. The monoisotopic (exact) mass is 336 g/mol. The molecule has 1 unspecified atom stereocenters. The van der Waals surface area contributed by atoms with E-state index < -0.39 is 12.1 Å². The fourth-order valence-electron chi connectivity index (χ4n) is 1.88. The van der Waals surface area contributed by atoms with Crippen LogP contribution in [0.1, 0.15) is 24.4 Å². The van der Waals surface area contributed by atoms with Crippen LogP contribution in [0.3, 0.4) is 0 Å². The summed E-state index contributed by atoms with van der Waals surface area (Å²) in [4.78, 5) is 15.4. The summed E-state index contributed by atoms with van der Waals surface area (Å²) in [6.07, 6.45) is 1.32. The predicted octanol–water partition coefficient (Wildman–Crippen LogP) is 3.11. The second kappa shape index (κ2) is 6.22. The minimum absolute atomic E-state index is 0.0912. The molecule has 0 radical (unpaired) electrons. The van der Waals surface area contributed by atoms with Crippen LogP contribution in [0.5, 0.6) is 0 Å². The van der Waals surface area contributed by atoms with Gasteiger partial charge in [-0.15, -0.1) is 0 Å². The molecule has 1 atom stereocenters. The van der Waals surface area contributed by atoms with Crippen molar-refractivity contribution >= 4 is 5.95 Å². The van der Waals surface area contributed by atoms with Crippen LogP contribution >= 0.6 is 0 Å². The summed E-state index contributed by atoms with van der Waals surface area (Å²) in [6, 6.07) is 3.62. The van der Waals surface area contributed by atoms with Crippen LogP contribution in [-0.4, -0.2) is 25.1 Å². The first kappa shape index (κ1) is 15.8. The highest BCUT2D eigenvalue weighted by atomic mass is 19.4. The van der Waals surface area contributed by atoms with Gasteiger partial charge in [0.05, 0.1) is 11.6 Å². The van der Waals surface area contributed by atoms with E-state index in [2.05, 4.69) is 34.9 Å². The first-order chi connectivity index (χ1) is 11.4. The van der Waals surface area contributed by atoms with Crippen molar-refractivity contribution in [2.75, 3.05) is 5.32 Å². The molecule has 124 valence electrons. The van der Waals surface area contributed by atoms with Gasteiger partial charge in [0.15, 0.2) is 0 Å². The van der Waals surface area contributed by atoms with Crippen LogP contribution in [0, 0.1) is 0 Å². The Morgan fingerprint density at radius 3 is 2.50 bits per heavy atom. The van der Waals surface area contributed by atoms with Gasteiger partial charge in [0.25, 0.3) is 0 Å². The molecule has 3 rings (SSSR count). The van der Waals surface area contributed by atoms with E-state index in [4.69, 9.17) is 0 Å². The highest BCUT2D eigenvalue weighted by molar-refractivity contribution is 5.52. The number of hydrogen-bond donors (Lipinski definition) is 1. The third kappa shape index (κ3) is 3.47. The van der Waals surface area contributed by atoms with Crippen LogP contribution in [0.25, 0.3) is 11.4 Å². The Kier molecular flexibility index (Phi) is 4.11. The Hall–Kier alpha value is -3.04. The topological polar surface area (TPSA) is 89.6 Å². The molecule has 3 aromatic rings. The van der Waals surface area contributed by atoms with Crippen LogP contribution in [-0.2, 0) is 6.18 Å². The van der Waals surface area contributed by atoms with E-state index in [0.29, 0.717) is 5.95 Å². The third-order valence-electron chi connectivity index (χ3n) is 3.11. The predicted molar refractivity (Wildman–Crippen MR) is 76.6 cm³/mol. The van der Waals surface area contributed by atoms with Crippen molar-refractivity contribution in [1.29, 1.82) is 0 Å². The zero-order valence-corrected chi connectivity index (χ0v) is 12.3. The van der Waals surface area contributed by atoms with E-state index in [1.165, 1.54) is 12.4 Å². The smallest absolute Gasteiger partial charge is 0.348 e. The van der Waals surface area contributed by atoms with Crippen molar-refractivity contribution in [2.45, 2.75) is 19.1 Å². The number of nitrogens with one attached hydrogen (secondary N) is 1. The number of alkyl halides is 3. The molecule has 3 heterocycles. The summed E-state index contributed by atoms with van der Waals surface area (Å²) < 4.78 is 41.5. The molecular formula is C14H11F3N6O. The standard InChI is InChI=1S/C14H11F3N6O/c1-8(9-3-2-4-18-5-9)21-13-19-6-10(7-20-13)11-22-12(24-23-11)14(15,16)17/h2-8H,1H3,(H,19,20,21). The zero-order chi connectivity index (χ0) is 17.2. The van der Waals surface area contributed by atoms with Gasteiger partial charge < -0.3 is 9.84 Å². The lowest BCUT2D eigenvalue weighted by atomic mass is 10.1. The average Bonchev–Trinajstić information content (AvgIpc) is 3.07. The van der Waals surface area contributed by atoms with E-state index in [0.717, 1.165) is 5.56 Å². The van der Waals surface area contributed by atoms with Crippen molar-refractivity contribution < 1.29 is 17.7 Å². The summed E-state index contributed by atoms with van der Waals surface area (Å²) in [6.45, 7) is 1.91. The lowest BCUT2D eigenvalue weighted by Crippen LogP contribution is -2.09. The molecule has 7 nitrogen and oxygen atoms in total. The largest absolute Gasteiger partial charge is 0.471 e. The first-order valence-corrected chi connectivity index (χ1v) is 6.83. The van der Waals surface area contributed by atoms with E-state index in [-0.39, 0.29) is 17.4 Å². The molecule has 3 aromatic heterocycles. The number of pyridine rings is 1. The highest BCUT2D eigenvalue weighted by Crippen LogP contribution is 2.29. The molecule has 0 saturated carbocycles. The highest BCUT2D eigenvalue weighted by Gasteiger charge is 2.38. The Bertz CT molecular complexity index is 803. The van der Waals surface area contributed by atoms with Gasteiger partial charge in [-0.25, -0.2) is 9.97 Å². The maximum atomic E-state index is 12.4. The van der Waals surface area contributed by atoms with Crippen LogP contribution in [0.4, 0.5) is 19.1 Å². The summed E-state index contributed by atoms with van der Waals surface area (Å²) >= 11 is 0. The van der Waals surface area contributed by atoms with Crippen molar-refractivity contribution in [1.82, 2.24) is 25.1 Å². The molecule has 0 bridgehead atoms. The molecule has 0 aliphatic heterocycles. The van der Waals surface area contributed by atoms with Crippen molar-refractivity contribution in [2.24, 2.45) is 0 Å². The molecule has 1 N–H and O–H groups in total. The Labute approximate surface area is 134 Å². The third-order valence-corrected chi connectivity index (χ3v) is 3.11. The fourth-order valence-corrected chi connectivity index (χ4v) is 1.88. The summed E-state index contributed by atoms with van der Waals surface area (Å²) in [5.74, 6) is -1.33. The fraction of sp³-hybridized carbons (Fsp3) is 0.214. The van der Waals surface area contributed by atoms with E-state index in [1.807, 2.05) is 19.1 Å². The molecule has 0 fully saturated rings. The number of aromatic nitrogens is 5. The van der Waals surface area contributed by atoms with Gasteiger partial charge in [-0.2, -0.15) is 18.2 Å². The SMILES string of the molecule is CC(Nc1ncc(-c2noc(C(F)(F)F)n2)cn1)c1cccnc1. The van der Waals surface area contributed by atoms with Crippen molar-refractivity contribution in [3.05, 3.63) is 48.4 Å². The minimum Gasteiger partial charge on any atom is -0.348 e. The Morgan fingerprint density at radius 1 is 1.17 bits per heavy atom. The molecule has 0 amide bonds. The molecule has 0 saturated heterocycles. The molecule has 10 heteroatoms. The molecule has 0 aliphatic rings. The molecule has 0 aromatic carbocycles. The van der Waals surface area contributed by atoms with E-state index in [9.17, 15) is 13.2 Å². The molecular weight excluding hydrogens is 325 g/mol. The van der Waals surface area contributed by atoms with Gasteiger partial charge >= 0.3 is 12.1 Å². The van der Waals surface area contributed by atoms with Crippen LogP contribution < -0.4 is 5.32 Å². The van der Waals surface area contributed by atoms with Crippen molar-refractivity contribution in [3.8, 4) is 11.4 Å². The summed E-state index contributed by atoms with van der Waals surface area (Å²) in [5.41, 5.74) is 1.16. The maximum Gasteiger partial charge on any atom is 0.471 e. The average molecular weight is 336 g/mol. The normalized spacial score (nSPS) is 12.8. The quantitative estimate of drug-likeness (QED) is 0.783. The second-order valence-corrected chi connectivity index (χ2v) is 4.87. The maximum absolute atomic E-state index is 12.4. The van der Waals surface area contributed by atoms with Gasteiger partial charge in [-0.3, -0.25) is 4.98 Å². The molecule has 0 aliphatic carbocycles. The lowest BCUT2D eigenvalue weighted by molar-refractivity contribution is -0.159. The van der Waals surface area contributed by atoms with E-state index in [1.54, 1.807) is 12.4 Å². The van der Waals surface area contributed by atoms with Crippen molar-refractivity contribution in [3.63, 3.8) is 0 Å². The van der Waals surface area contributed by atoms with Gasteiger partial charge in [0.2, 0.25) is 11.8 Å². The number of anilines is 1. The summed E-state index contributed by atoms with van der Waals surface area (Å²) in [7, 11) is 0. The number of hydrogen-bond acceptors (Lipinski definition) is 7. The van der Waals surface area contributed by atoms with Gasteiger partial charge in [0, 0.05) is 24.8 Å². The van der Waals surface area contributed by atoms with Gasteiger partial charge in [-0.1, -0.05) is 11.2 Å². The number of rotatable bonds is 4. The lowest BCUT2D eigenvalue weighted by Gasteiger charge is -2.13. The van der Waals surface area contributed by atoms with Crippen LogP contribution in [0.2, 0.25) is 0 Å². The van der Waals surface area contributed by atoms with Gasteiger partial charge in [0.1, 0.15) is 0 Å².